The molecule has 0 saturated heterocycles. The Kier molecular flexibility index (Phi) is 7.97. The highest BCUT2D eigenvalue weighted by atomic mass is 32.2. The first-order valence-corrected chi connectivity index (χ1v) is 11.8. The van der Waals surface area contributed by atoms with Crippen LogP contribution in [0.15, 0.2) is 77.8 Å². The zero-order valence-electron chi connectivity index (χ0n) is 18.2. The highest BCUT2D eigenvalue weighted by Crippen LogP contribution is 2.25. The van der Waals surface area contributed by atoms with Crippen LogP contribution in [0.1, 0.15) is 23.7 Å². The molecule has 0 bridgehead atoms. The molecule has 32 heavy (non-hydrogen) atoms. The molecule has 2 aromatic carbocycles. The number of rotatable bonds is 10. The molecule has 1 heterocycles. The van der Waals surface area contributed by atoms with Crippen molar-refractivity contribution in [3.63, 3.8) is 0 Å². The Morgan fingerprint density at radius 2 is 1.81 bits per heavy atom. The minimum Gasteiger partial charge on any atom is -0.494 e. The number of carbonyl (C=O) groups is 1. The molecule has 0 aliphatic rings. The second-order valence-corrected chi connectivity index (χ2v) is 9.15. The summed E-state index contributed by atoms with van der Waals surface area (Å²) >= 11 is 0. The van der Waals surface area contributed by atoms with Crippen LogP contribution in [0.3, 0.4) is 0 Å². The fourth-order valence-electron chi connectivity index (χ4n) is 3.17. The molecule has 1 N–H and O–H groups in total. The second-order valence-electron chi connectivity index (χ2n) is 7.22. The lowest BCUT2D eigenvalue weighted by molar-refractivity contribution is -0.121. The van der Waals surface area contributed by atoms with Crippen molar-refractivity contribution >= 4 is 15.9 Å². The minimum atomic E-state index is -3.93. The maximum absolute atomic E-state index is 13.5. The Bertz CT molecular complexity index is 1140. The van der Waals surface area contributed by atoms with Crippen LogP contribution in [-0.4, -0.2) is 36.8 Å². The molecule has 1 amide bonds. The smallest absolute Gasteiger partial charge is 0.243 e. The highest BCUT2D eigenvalue weighted by Gasteiger charge is 2.27. The van der Waals surface area contributed by atoms with Crippen molar-refractivity contribution in [1.82, 2.24) is 14.6 Å². The van der Waals surface area contributed by atoms with Gasteiger partial charge in [-0.15, -0.1) is 0 Å². The van der Waals surface area contributed by atoms with E-state index in [1.54, 1.807) is 37.4 Å². The Balaban J connectivity index is 1.82. The molecule has 1 aromatic heterocycles. The molecule has 0 fully saturated rings. The van der Waals surface area contributed by atoms with Gasteiger partial charge in [0.1, 0.15) is 5.75 Å². The molecule has 0 unspecified atom stereocenters. The van der Waals surface area contributed by atoms with E-state index in [4.69, 9.17) is 4.74 Å². The van der Waals surface area contributed by atoms with Gasteiger partial charge in [0.2, 0.25) is 15.9 Å². The van der Waals surface area contributed by atoms with E-state index < -0.39 is 15.9 Å². The van der Waals surface area contributed by atoms with E-state index in [1.165, 1.54) is 10.4 Å². The van der Waals surface area contributed by atoms with Crippen LogP contribution < -0.4 is 10.1 Å². The topological polar surface area (TPSA) is 88.6 Å². The van der Waals surface area contributed by atoms with E-state index in [2.05, 4.69) is 10.3 Å². The van der Waals surface area contributed by atoms with Gasteiger partial charge in [0, 0.05) is 12.7 Å². The number of nitrogens with one attached hydrogen (secondary N) is 1. The summed E-state index contributed by atoms with van der Waals surface area (Å²) in [5, 5.41) is 2.75. The number of benzene rings is 2. The molecule has 0 aliphatic heterocycles. The van der Waals surface area contributed by atoms with Crippen LogP contribution in [0.5, 0.6) is 5.75 Å². The zero-order chi connectivity index (χ0) is 23.0. The quantitative estimate of drug-likeness (QED) is 0.509. The third kappa shape index (κ3) is 6.15. The van der Waals surface area contributed by atoms with Gasteiger partial charge in [-0.3, -0.25) is 9.78 Å². The molecule has 3 aromatic rings. The van der Waals surface area contributed by atoms with Crippen molar-refractivity contribution < 1.29 is 17.9 Å². The van der Waals surface area contributed by atoms with Crippen LogP contribution in [-0.2, 0) is 27.9 Å². The lowest BCUT2D eigenvalue weighted by Gasteiger charge is -2.22. The van der Waals surface area contributed by atoms with Crippen molar-refractivity contribution in [2.45, 2.75) is 31.8 Å². The largest absolute Gasteiger partial charge is 0.494 e. The maximum atomic E-state index is 13.5. The first-order chi connectivity index (χ1) is 15.4. The number of amides is 1. The fraction of sp³-hybridized carbons (Fsp3) is 0.250. The number of sulfonamides is 1. The number of hydrogen-bond acceptors (Lipinski definition) is 5. The molecule has 8 heteroatoms. The second kappa shape index (κ2) is 10.9. The first kappa shape index (κ1) is 23.4. The SMILES string of the molecule is CCOc1ccc(S(=O)(=O)N(CC(=O)NCc2ccccn2)Cc2ccccc2)cc1C. The molecule has 0 spiro atoms. The molecular formula is C24H27N3O4S. The summed E-state index contributed by atoms with van der Waals surface area (Å²) in [5.74, 6) is 0.229. The van der Waals surface area contributed by atoms with Gasteiger partial charge in [-0.2, -0.15) is 4.31 Å². The summed E-state index contributed by atoms with van der Waals surface area (Å²) in [6.07, 6.45) is 1.64. The van der Waals surface area contributed by atoms with Crippen molar-refractivity contribution in [2.24, 2.45) is 0 Å². The lowest BCUT2D eigenvalue weighted by Crippen LogP contribution is -2.40. The molecule has 7 nitrogen and oxygen atoms in total. The number of hydrogen-bond donors (Lipinski definition) is 1. The van der Waals surface area contributed by atoms with Gasteiger partial charge in [0.15, 0.2) is 0 Å². The summed E-state index contributed by atoms with van der Waals surface area (Å²) in [6.45, 7) is 4.15. The van der Waals surface area contributed by atoms with Crippen molar-refractivity contribution in [1.29, 1.82) is 0 Å². The molecule has 0 atom stereocenters. The van der Waals surface area contributed by atoms with Crippen LogP contribution in [0.25, 0.3) is 0 Å². The average Bonchev–Trinajstić information content (AvgIpc) is 2.80. The molecule has 0 aliphatic carbocycles. The predicted octanol–water partition coefficient (Wildman–Crippen LogP) is 3.30. The fourth-order valence-corrected chi connectivity index (χ4v) is 4.64. The number of aromatic nitrogens is 1. The number of pyridine rings is 1. The van der Waals surface area contributed by atoms with Gasteiger partial charge >= 0.3 is 0 Å². The molecule has 0 radical (unpaired) electrons. The summed E-state index contributed by atoms with van der Waals surface area (Å²) < 4.78 is 33.6. The Hall–Kier alpha value is -3.23. The van der Waals surface area contributed by atoms with Gasteiger partial charge in [0.05, 0.1) is 30.3 Å². The number of nitrogens with zero attached hydrogens (tertiary/aromatic N) is 2. The monoisotopic (exact) mass is 453 g/mol. The number of aryl methyl sites for hydroxylation is 1. The van der Waals surface area contributed by atoms with Crippen LogP contribution in [0.4, 0.5) is 0 Å². The minimum absolute atomic E-state index is 0.0758. The molecule has 0 saturated carbocycles. The zero-order valence-corrected chi connectivity index (χ0v) is 19.0. The number of carbonyl (C=O) groups excluding carboxylic acids is 1. The van der Waals surface area contributed by atoms with Crippen LogP contribution >= 0.6 is 0 Å². The normalized spacial score (nSPS) is 11.3. The third-order valence-corrected chi connectivity index (χ3v) is 6.59. The van der Waals surface area contributed by atoms with Gasteiger partial charge in [0.25, 0.3) is 0 Å². The van der Waals surface area contributed by atoms with Gasteiger partial charge in [-0.05, 0) is 55.3 Å². The predicted molar refractivity (Wildman–Crippen MR) is 122 cm³/mol. The van der Waals surface area contributed by atoms with Crippen molar-refractivity contribution in [2.75, 3.05) is 13.2 Å². The van der Waals surface area contributed by atoms with Gasteiger partial charge < -0.3 is 10.1 Å². The van der Waals surface area contributed by atoms with E-state index >= 15 is 0 Å². The standard InChI is InChI=1S/C24H27N3O4S/c1-3-31-23-13-12-22(15-19(23)2)32(29,30)27(17-20-9-5-4-6-10-20)18-24(28)26-16-21-11-7-8-14-25-21/h4-15H,3,16-18H2,1-2H3,(H,26,28). The third-order valence-electron chi connectivity index (χ3n) is 4.80. The Morgan fingerprint density at radius 1 is 1.06 bits per heavy atom. The number of ether oxygens (including phenoxy) is 1. The van der Waals surface area contributed by atoms with Gasteiger partial charge in [-0.1, -0.05) is 36.4 Å². The highest BCUT2D eigenvalue weighted by molar-refractivity contribution is 7.89. The van der Waals surface area contributed by atoms with Crippen molar-refractivity contribution in [3.05, 3.63) is 89.7 Å². The average molecular weight is 454 g/mol. The summed E-state index contributed by atoms with van der Waals surface area (Å²) in [7, 11) is -3.93. The van der Waals surface area contributed by atoms with Crippen LogP contribution in [0, 0.1) is 6.92 Å². The first-order valence-electron chi connectivity index (χ1n) is 10.3. The molecule has 3 rings (SSSR count). The van der Waals surface area contributed by atoms with E-state index in [1.807, 2.05) is 43.3 Å². The lowest BCUT2D eigenvalue weighted by atomic mass is 10.2. The summed E-state index contributed by atoms with van der Waals surface area (Å²) in [5.41, 5.74) is 2.20. The van der Waals surface area contributed by atoms with E-state index in [-0.39, 0.29) is 24.5 Å². The van der Waals surface area contributed by atoms with E-state index in [0.29, 0.717) is 23.6 Å². The van der Waals surface area contributed by atoms with Crippen LogP contribution in [0.2, 0.25) is 0 Å². The summed E-state index contributed by atoms with van der Waals surface area (Å²) in [4.78, 5) is 16.9. The van der Waals surface area contributed by atoms with E-state index in [9.17, 15) is 13.2 Å². The van der Waals surface area contributed by atoms with E-state index in [0.717, 1.165) is 5.56 Å². The molecular weight excluding hydrogens is 426 g/mol. The van der Waals surface area contributed by atoms with Crippen molar-refractivity contribution in [3.8, 4) is 5.75 Å². The Morgan fingerprint density at radius 3 is 2.47 bits per heavy atom. The van der Waals surface area contributed by atoms with Gasteiger partial charge in [-0.25, -0.2) is 8.42 Å². The summed E-state index contributed by atoms with van der Waals surface area (Å²) in [6, 6.07) is 19.3. The Labute approximate surface area is 189 Å². The maximum Gasteiger partial charge on any atom is 0.243 e. The molecule has 168 valence electrons.